The molecule has 0 aromatic rings. The maximum absolute atomic E-state index is 13.3. The molecule has 0 spiro atoms. The van der Waals surface area contributed by atoms with Gasteiger partial charge in [-0.25, -0.2) is 0 Å². The quantitative estimate of drug-likeness (QED) is 0.0490. The van der Waals surface area contributed by atoms with E-state index < -0.39 is 6.10 Å². The van der Waals surface area contributed by atoms with Crippen LogP contribution in [0.1, 0.15) is 182 Å². The SMILES string of the molecule is CCCCCCCCCCOC(CC)C(=O)N(CCO)CCN(CCO)CCCCCC(=O)OCCC(CCCCCC)CCCCCC. The first-order chi connectivity index (χ1) is 24.0. The van der Waals surface area contributed by atoms with Crippen molar-refractivity contribution in [3.63, 3.8) is 0 Å². The van der Waals surface area contributed by atoms with Crippen LogP contribution in [0.4, 0.5) is 0 Å². The average molecular weight is 699 g/mol. The normalized spacial score (nSPS) is 12.2. The Kier molecular flexibility index (Phi) is 35.7. The lowest BCUT2D eigenvalue weighted by molar-refractivity contribution is -0.145. The molecule has 1 amide bonds. The summed E-state index contributed by atoms with van der Waals surface area (Å²) in [4.78, 5) is 29.6. The Bertz CT molecular complexity index is 712. The molecule has 0 heterocycles. The van der Waals surface area contributed by atoms with Crippen molar-refractivity contribution in [3.8, 4) is 0 Å². The van der Waals surface area contributed by atoms with Crippen LogP contribution in [0.3, 0.4) is 0 Å². The second kappa shape index (κ2) is 36.6. The van der Waals surface area contributed by atoms with Gasteiger partial charge in [0.2, 0.25) is 0 Å². The number of aliphatic hydroxyl groups excluding tert-OH is 2. The third-order valence-corrected chi connectivity index (χ3v) is 9.82. The van der Waals surface area contributed by atoms with Crippen molar-refractivity contribution in [1.82, 2.24) is 9.80 Å². The number of hydrogen-bond acceptors (Lipinski definition) is 7. The van der Waals surface area contributed by atoms with Crippen molar-refractivity contribution in [2.24, 2.45) is 5.92 Å². The lowest BCUT2D eigenvalue weighted by Crippen LogP contribution is -2.46. The second-order valence-electron chi connectivity index (χ2n) is 14.2. The van der Waals surface area contributed by atoms with Crippen molar-refractivity contribution in [3.05, 3.63) is 0 Å². The standard InChI is InChI=1S/C41H82N2O6/c1-5-9-12-15-16-17-18-24-36-48-39(8-4)41(47)43(33-35-45)31-30-42(32-34-44)29-23-19-22-27-40(46)49-37-28-38(25-20-13-10-6-2)26-21-14-11-7-3/h38-39,44-45H,5-37H2,1-4H3. The predicted molar refractivity (Wildman–Crippen MR) is 205 cm³/mol. The minimum Gasteiger partial charge on any atom is -0.466 e. The smallest absolute Gasteiger partial charge is 0.305 e. The Morgan fingerprint density at radius 3 is 1.67 bits per heavy atom. The molecule has 0 bridgehead atoms. The first kappa shape index (κ1) is 47.8. The minimum atomic E-state index is -0.482. The number of hydrogen-bond donors (Lipinski definition) is 2. The third kappa shape index (κ3) is 29.1. The molecular weight excluding hydrogens is 616 g/mol. The van der Waals surface area contributed by atoms with Crippen LogP contribution in [0.15, 0.2) is 0 Å². The molecule has 8 heteroatoms. The molecule has 0 saturated carbocycles. The van der Waals surface area contributed by atoms with Gasteiger partial charge in [0, 0.05) is 39.2 Å². The number of aliphatic hydroxyl groups is 2. The van der Waals surface area contributed by atoms with Gasteiger partial charge in [-0.2, -0.15) is 0 Å². The van der Waals surface area contributed by atoms with E-state index in [1.165, 1.54) is 103 Å². The fourth-order valence-electron chi connectivity index (χ4n) is 6.57. The summed E-state index contributed by atoms with van der Waals surface area (Å²) in [6.45, 7) is 12.5. The van der Waals surface area contributed by atoms with Crippen LogP contribution in [0.5, 0.6) is 0 Å². The van der Waals surface area contributed by atoms with Gasteiger partial charge >= 0.3 is 5.97 Å². The molecule has 0 radical (unpaired) electrons. The fourth-order valence-corrected chi connectivity index (χ4v) is 6.57. The van der Waals surface area contributed by atoms with Gasteiger partial charge in [0.25, 0.3) is 5.91 Å². The van der Waals surface area contributed by atoms with E-state index in [-0.39, 0.29) is 31.6 Å². The first-order valence-corrected chi connectivity index (χ1v) is 21.0. The number of nitrogens with zero attached hydrogens (tertiary/aromatic N) is 2. The predicted octanol–water partition coefficient (Wildman–Crippen LogP) is 9.09. The summed E-state index contributed by atoms with van der Waals surface area (Å²) in [6, 6.07) is 0. The lowest BCUT2D eigenvalue weighted by atomic mass is 9.92. The zero-order valence-electron chi connectivity index (χ0n) is 32.9. The minimum absolute atomic E-state index is 0.0533. The highest BCUT2D eigenvalue weighted by atomic mass is 16.5. The Balaban J connectivity index is 4.44. The average Bonchev–Trinajstić information content (AvgIpc) is 3.10. The molecule has 0 aliphatic carbocycles. The van der Waals surface area contributed by atoms with Gasteiger partial charge in [-0.05, 0) is 44.6 Å². The topological polar surface area (TPSA) is 99.5 Å². The first-order valence-electron chi connectivity index (χ1n) is 21.0. The summed E-state index contributed by atoms with van der Waals surface area (Å²) in [7, 11) is 0. The summed E-state index contributed by atoms with van der Waals surface area (Å²) < 4.78 is 11.6. The largest absolute Gasteiger partial charge is 0.466 e. The number of amides is 1. The van der Waals surface area contributed by atoms with Crippen LogP contribution in [0.2, 0.25) is 0 Å². The van der Waals surface area contributed by atoms with Crippen molar-refractivity contribution < 1.29 is 29.3 Å². The molecule has 0 rings (SSSR count). The number of ether oxygens (including phenoxy) is 2. The van der Waals surface area contributed by atoms with E-state index in [1.54, 1.807) is 4.90 Å². The number of unbranched alkanes of at least 4 members (excludes halogenated alkanes) is 15. The number of carbonyl (C=O) groups is 2. The van der Waals surface area contributed by atoms with Crippen molar-refractivity contribution in [1.29, 1.82) is 0 Å². The Morgan fingerprint density at radius 2 is 1.10 bits per heavy atom. The van der Waals surface area contributed by atoms with E-state index in [1.807, 2.05) is 6.92 Å². The summed E-state index contributed by atoms with van der Waals surface area (Å²) in [6.07, 6.45) is 26.9. The van der Waals surface area contributed by atoms with Crippen LogP contribution in [-0.4, -0.2) is 97.1 Å². The lowest BCUT2D eigenvalue weighted by Gasteiger charge is -2.29. The van der Waals surface area contributed by atoms with Crippen molar-refractivity contribution in [2.45, 2.75) is 188 Å². The van der Waals surface area contributed by atoms with Crippen LogP contribution in [0.25, 0.3) is 0 Å². The van der Waals surface area contributed by atoms with Gasteiger partial charge < -0.3 is 24.6 Å². The van der Waals surface area contributed by atoms with Crippen LogP contribution in [0, 0.1) is 5.92 Å². The highest BCUT2D eigenvalue weighted by Crippen LogP contribution is 2.22. The number of esters is 1. The van der Waals surface area contributed by atoms with E-state index in [0.717, 1.165) is 45.1 Å². The van der Waals surface area contributed by atoms with Gasteiger partial charge in [-0.1, -0.05) is 143 Å². The molecule has 0 aliphatic heterocycles. The highest BCUT2D eigenvalue weighted by molar-refractivity contribution is 5.80. The fraction of sp³-hybridized carbons (Fsp3) is 0.951. The zero-order chi connectivity index (χ0) is 36.2. The number of rotatable bonds is 38. The van der Waals surface area contributed by atoms with E-state index in [2.05, 4.69) is 25.7 Å². The van der Waals surface area contributed by atoms with E-state index in [4.69, 9.17) is 9.47 Å². The summed E-state index contributed by atoms with van der Waals surface area (Å²) in [5.41, 5.74) is 0. The molecule has 0 aliphatic rings. The second-order valence-corrected chi connectivity index (χ2v) is 14.2. The van der Waals surface area contributed by atoms with Crippen LogP contribution < -0.4 is 0 Å². The Hall–Kier alpha value is -1.22. The molecule has 2 N–H and O–H groups in total. The van der Waals surface area contributed by atoms with Gasteiger partial charge in [0.1, 0.15) is 6.10 Å². The molecule has 8 nitrogen and oxygen atoms in total. The highest BCUT2D eigenvalue weighted by Gasteiger charge is 2.24. The summed E-state index contributed by atoms with van der Waals surface area (Å²) >= 11 is 0. The van der Waals surface area contributed by atoms with Gasteiger partial charge in [-0.3, -0.25) is 14.5 Å². The molecule has 292 valence electrons. The Labute approximate surface area is 303 Å². The Morgan fingerprint density at radius 1 is 0.551 bits per heavy atom. The summed E-state index contributed by atoms with van der Waals surface area (Å²) in [5, 5.41) is 19.3. The molecule has 0 saturated heterocycles. The van der Waals surface area contributed by atoms with E-state index in [9.17, 15) is 19.8 Å². The molecule has 1 unspecified atom stereocenters. The van der Waals surface area contributed by atoms with Crippen LogP contribution in [-0.2, 0) is 19.1 Å². The third-order valence-electron chi connectivity index (χ3n) is 9.82. The number of carbonyl (C=O) groups excluding carboxylic acids is 2. The molecule has 0 aromatic carbocycles. The van der Waals surface area contributed by atoms with Gasteiger partial charge in [0.05, 0.1) is 19.8 Å². The molecule has 49 heavy (non-hydrogen) atoms. The van der Waals surface area contributed by atoms with E-state index >= 15 is 0 Å². The van der Waals surface area contributed by atoms with Gasteiger partial charge in [-0.15, -0.1) is 0 Å². The van der Waals surface area contributed by atoms with Crippen molar-refractivity contribution >= 4 is 11.9 Å². The van der Waals surface area contributed by atoms with Crippen LogP contribution >= 0.6 is 0 Å². The van der Waals surface area contributed by atoms with E-state index in [0.29, 0.717) is 51.6 Å². The van der Waals surface area contributed by atoms with Gasteiger partial charge in [0.15, 0.2) is 0 Å². The molecular formula is C41H82N2O6. The molecule has 1 atom stereocenters. The summed E-state index contributed by atoms with van der Waals surface area (Å²) in [5.74, 6) is 0.525. The maximum Gasteiger partial charge on any atom is 0.305 e. The molecule has 0 aromatic heterocycles. The van der Waals surface area contributed by atoms with Crippen molar-refractivity contribution in [2.75, 3.05) is 59.2 Å². The monoisotopic (exact) mass is 699 g/mol. The maximum atomic E-state index is 13.3. The zero-order valence-corrected chi connectivity index (χ0v) is 32.9. The molecule has 0 fully saturated rings.